The van der Waals surface area contributed by atoms with Crippen LogP contribution in [0.5, 0.6) is 0 Å². The number of carbonyl (C=O) groups is 1. The molecule has 1 N–H and O–H groups in total. The molecule has 3 atom stereocenters. The number of para-hydroxylation sites is 2. The zero-order valence-corrected chi connectivity index (χ0v) is 38.5. The minimum absolute atomic E-state index is 0.343. The maximum absolute atomic E-state index is 11.8. The number of rotatable bonds is 17. The molecule has 1 aliphatic rings. The highest BCUT2D eigenvalue weighted by Gasteiger charge is 2.32. The Balaban J connectivity index is 1.04. The van der Waals surface area contributed by atoms with Gasteiger partial charge >= 0.3 is 5.97 Å². The van der Waals surface area contributed by atoms with Crippen LogP contribution in [0, 0.1) is 17.2 Å². The molecule has 6 heterocycles. The monoisotopic (exact) mass is 882 g/mol. The minimum Gasteiger partial charge on any atom is -0.480 e. The van der Waals surface area contributed by atoms with E-state index >= 15 is 0 Å². The number of fused-ring (bicyclic) bond motifs is 6. The van der Waals surface area contributed by atoms with Crippen LogP contribution >= 0.6 is 57.1 Å². The summed E-state index contributed by atoms with van der Waals surface area (Å²) in [7, 11) is 0. The molecule has 0 radical (unpaired) electrons. The zero-order valence-electron chi connectivity index (χ0n) is 34.5. The van der Waals surface area contributed by atoms with E-state index < -0.39 is 11.9 Å². The number of carboxylic acids is 1. The van der Waals surface area contributed by atoms with E-state index in [1.165, 1.54) is 128 Å². The van der Waals surface area contributed by atoms with Crippen LogP contribution in [-0.4, -0.2) is 15.6 Å². The number of benzene rings is 3. The van der Waals surface area contributed by atoms with Crippen LogP contribution in [0.25, 0.3) is 61.6 Å². The van der Waals surface area contributed by atoms with E-state index in [0.717, 1.165) is 24.1 Å². The molecule has 0 bridgehead atoms. The number of carboxylic acid groups (broad SMARTS) is 1. The van der Waals surface area contributed by atoms with Crippen molar-refractivity contribution in [1.82, 2.24) is 4.57 Å². The molecular formula is C51H50N2O2S5. The van der Waals surface area contributed by atoms with Gasteiger partial charge in [-0.25, -0.2) is 0 Å². The summed E-state index contributed by atoms with van der Waals surface area (Å²) in [5, 5.41) is 22.2. The number of allylic oxidation sites excluding steroid dienone is 1. The van der Waals surface area contributed by atoms with Crippen molar-refractivity contribution in [2.45, 2.75) is 103 Å². The molecule has 0 aliphatic carbocycles. The first-order valence-electron chi connectivity index (χ1n) is 21.6. The van der Waals surface area contributed by atoms with E-state index in [9.17, 15) is 15.2 Å². The van der Waals surface area contributed by atoms with E-state index in [0.29, 0.717) is 5.25 Å². The molecule has 0 saturated heterocycles. The predicted molar refractivity (Wildman–Crippen MR) is 263 cm³/mol. The number of hydrogen-bond acceptors (Lipinski definition) is 7. The third-order valence-electron chi connectivity index (χ3n) is 12.2. The molecule has 5 aromatic heterocycles. The van der Waals surface area contributed by atoms with Crippen LogP contribution in [0.4, 0.5) is 0 Å². The second-order valence-corrected chi connectivity index (χ2v) is 21.8. The lowest BCUT2D eigenvalue weighted by Gasteiger charge is -2.11. The Morgan fingerprint density at radius 3 is 2.10 bits per heavy atom. The van der Waals surface area contributed by atoms with Gasteiger partial charge in [0.05, 0.1) is 26.5 Å². The third kappa shape index (κ3) is 7.91. The number of unbranched alkanes of at least 4 members (excludes halogenated alkanes) is 6. The van der Waals surface area contributed by atoms with Crippen molar-refractivity contribution in [2.24, 2.45) is 5.92 Å². The molecule has 0 saturated carbocycles. The summed E-state index contributed by atoms with van der Waals surface area (Å²) >= 11 is 9.50. The Morgan fingerprint density at radius 1 is 0.783 bits per heavy atom. The first kappa shape index (κ1) is 41.2. The summed E-state index contributed by atoms with van der Waals surface area (Å²) in [6, 6.07) is 36.0. The molecule has 3 unspecified atom stereocenters. The summed E-state index contributed by atoms with van der Waals surface area (Å²) in [4.78, 5) is 18.6. The number of nitriles is 1. The Labute approximate surface area is 373 Å². The van der Waals surface area contributed by atoms with Crippen LogP contribution < -0.4 is 0 Å². The predicted octanol–water partition coefficient (Wildman–Crippen LogP) is 17.0. The van der Waals surface area contributed by atoms with E-state index in [4.69, 9.17) is 0 Å². The fraction of sp³-hybridized carbons (Fsp3) is 0.333. The Kier molecular flexibility index (Phi) is 12.4. The maximum Gasteiger partial charge on any atom is 0.321 e. The highest BCUT2D eigenvalue weighted by molar-refractivity contribution is 8.09. The number of aryl methyl sites for hydroxylation is 1. The van der Waals surface area contributed by atoms with Gasteiger partial charge in [-0.2, -0.15) is 5.26 Å². The van der Waals surface area contributed by atoms with E-state index in [1.807, 2.05) is 47.0 Å². The lowest BCUT2D eigenvalue weighted by Crippen LogP contribution is -2.17. The maximum atomic E-state index is 11.8. The normalized spacial score (nSPS) is 15.5. The molecule has 306 valence electrons. The minimum atomic E-state index is -1.05. The molecule has 60 heavy (non-hydrogen) atoms. The van der Waals surface area contributed by atoms with E-state index in [-0.39, 0.29) is 5.92 Å². The van der Waals surface area contributed by atoms with Gasteiger partial charge < -0.3 is 9.67 Å². The van der Waals surface area contributed by atoms with E-state index in [2.05, 4.69) is 121 Å². The van der Waals surface area contributed by atoms with Gasteiger partial charge in [0, 0.05) is 61.4 Å². The average Bonchev–Trinajstić information content (AvgIpc) is 4.12. The molecule has 0 fully saturated rings. The van der Waals surface area contributed by atoms with Crippen LogP contribution in [0.15, 0.2) is 96.6 Å². The van der Waals surface area contributed by atoms with E-state index in [1.54, 1.807) is 16.9 Å². The van der Waals surface area contributed by atoms with Gasteiger partial charge in [0.2, 0.25) is 0 Å². The smallest absolute Gasteiger partial charge is 0.321 e. The van der Waals surface area contributed by atoms with Crippen molar-refractivity contribution >= 4 is 109 Å². The van der Waals surface area contributed by atoms with Gasteiger partial charge in [-0.1, -0.05) is 113 Å². The fourth-order valence-electron chi connectivity index (χ4n) is 8.93. The number of aromatic nitrogens is 1. The van der Waals surface area contributed by atoms with Gasteiger partial charge in [0.15, 0.2) is 5.92 Å². The Hall–Kier alpha value is -4.17. The van der Waals surface area contributed by atoms with Crippen molar-refractivity contribution in [3.8, 4) is 22.2 Å². The third-order valence-corrected chi connectivity index (χ3v) is 19.2. The van der Waals surface area contributed by atoms with Gasteiger partial charge in [-0.05, 0) is 85.7 Å². The van der Waals surface area contributed by atoms with Crippen molar-refractivity contribution in [1.29, 1.82) is 5.26 Å². The van der Waals surface area contributed by atoms with Crippen molar-refractivity contribution in [3.05, 3.63) is 117 Å². The highest BCUT2D eigenvalue weighted by atomic mass is 32.2. The van der Waals surface area contributed by atoms with Crippen molar-refractivity contribution < 1.29 is 9.90 Å². The molecule has 4 nitrogen and oxygen atoms in total. The summed E-state index contributed by atoms with van der Waals surface area (Å²) in [5.41, 5.74) is 8.09. The summed E-state index contributed by atoms with van der Waals surface area (Å²) in [6.45, 7) is 6.45. The fourth-order valence-corrected chi connectivity index (χ4v) is 16.1. The first-order chi connectivity index (χ1) is 29.4. The molecule has 0 amide bonds. The SMILES string of the molecule is CCCCCCC1=C(c2cc(CCCCCC)c(-c3ccc(-n4c5ccccc5c5ccccc54)cc3)s2)SC(c2cc3sc4cc(C(C)C(C#N)C(=O)O)sc4c3s2)C1. The molecule has 1 aliphatic heterocycles. The van der Waals surface area contributed by atoms with Crippen LogP contribution in [0.3, 0.4) is 0 Å². The zero-order chi connectivity index (χ0) is 41.3. The van der Waals surface area contributed by atoms with Crippen LogP contribution in [-0.2, 0) is 11.2 Å². The second kappa shape index (κ2) is 18.0. The molecule has 8 aromatic rings. The molecular weight excluding hydrogens is 833 g/mol. The number of nitrogens with zero attached hydrogens (tertiary/aromatic N) is 2. The number of thiophene rings is 4. The van der Waals surface area contributed by atoms with Crippen molar-refractivity contribution in [3.63, 3.8) is 0 Å². The molecule has 9 rings (SSSR count). The second-order valence-electron chi connectivity index (χ2n) is 16.3. The van der Waals surface area contributed by atoms with Gasteiger partial charge in [0.1, 0.15) is 0 Å². The Bertz CT molecular complexity index is 2840. The lowest BCUT2D eigenvalue weighted by atomic mass is 9.94. The quantitative estimate of drug-likeness (QED) is 0.0925. The highest BCUT2D eigenvalue weighted by Crippen LogP contribution is 2.58. The number of hydrogen-bond donors (Lipinski definition) is 1. The number of thioether (sulfide) groups is 1. The van der Waals surface area contributed by atoms with Gasteiger partial charge in [-0.15, -0.1) is 57.1 Å². The average molecular weight is 883 g/mol. The Morgan fingerprint density at radius 2 is 1.43 bits per heavy atom. The lowest BCUT2D eigenvalue weighted by molar-refractivity contribution is -0.140. The summed E-state index contributed by atoms with van der Waals surface area (Å²) < 4.78 is 7.48. The summed E-state index contributed by atoms with van der Waals surface area (Å²) in [5.74, 6) is -2.43. The molecule has 3 aromatic carbocycles. The van der Waals surface area contributed by atoms with Crippen LogP contribution in [0.2, 0.25) is 0 Å². The summed E-state index contributed by atoms with van der Waals surface area (Å²) in [6.07, 6.45) is 13.4. The van der Waals surface area contributed by atoms with Gasteiger partial charge in [0.25, 0.3) is 0 Å². The molecule has 9 heteroatoms. The first-order valence-corrected chi connectivity index (χ1v) is 25.7. The standard InChI is InChI=1S/C51H50N2O2S5/c1-4-6-8-10-16-33-27-44(60-47(33)32-22-24-35(25-23-32)53-39-20-14-12-18-36(39)37-19-13-15-21-40(37)53)48-34(17-11-9-7-5-2)26-42(58-48)43-29-46-50(59-43)49-45(56-46)28-41(57-49)31(3)38(30-52)51(54)55/h12-15,18-25,27-29,31,38,42H,4-11,16-17,26H2,1-3H3,(H,54,55). The largest absolute Gasteiger partial charge is 0.480 e. The topological polar surface area (TPSA) is 66.0 Å². The van der Waals surface area contributed by atoms with Crippen LogP contribution in [0.1, 0.15) is 116 Å². The van der Waals surface area contributed by atoms with Crippen molar-refractivity contribution in [2.75, 3.05) is 0 Å². The van der Waals surface area contributed by atoms with Gasteiger partial charge in [-0.3, -0.25) is 4.79 Å². The number of aliphatic carboxylic acids is 1. The molecule has 0 spiro atoms.